The predicted octanol–water partition coefficient (Wildman–Crippen LogP) is 6.22. The second kappa shape index (κ2) is 7.70. The summed E-state index contributed by atoms with van der Waals surface area (Å²) in [5.41, 5.74) is -0.447. The average Bonchev–Trinajstić information content (AvgIpc) is 2.68. The van der Waals surface area contributed by atoms with Crippen LogP contribution in [-0.2, 0) is 5.54 Å². The molecule has 1 N–H and O–H groups in total. The molecule has 1 atom stereocenters. The molecule has 1 spiro atoms. The zero-order valence-electron chi connectivity index (χ0n) is 17.5. The van der Waals surface area contributed by atoms with E-state index in [1.165, 1.54) is 29.8 Å². The number of hydrogen-bond acceptors (Lipinski definition) is 5. The van der Waals surface area contributed by atoms with Crippen LogP contribution in [0.5, 0.6) is 17.2 Å². The minimum absolute atomic E-state index is 0.0863. The number of amidine groups is 1. The number of halogens is 2. The Bertz CT molecular complexity index is 1100. The molecule has 2 aliphatic heterocycles. The van der Waals surface area contributed by atoms with E-state index in [9.17, 15) is 9.90 Å². The molecular formula is C22H22BrFN2O4S. The summed E-state index contributed by atoms with van der Waals surface area (Å²) in [7, 11) is 1.47. The Hall–Kier alpha value is -2.26. The summed E-state index contributed by atoms with van der Waals surface area (Å²) in [5.74, 6) is 0.973. The number of aliphatic imine (C=N–C) groups is 1. The SMILES string of the molecule is COc1cc(F)c2c(c1)C1(CCSC(N(C(=O)O)C(C)(C)C)=N1)c1cc(Br)ccc1O2. The molecule has 0 saturated carbocycles. The van der Waals surface area contributed by atoms with Crippen molar-refractivity contribution in [3.63, 3.8) is 0 Å². The Morgan fingerprint density at radius 3 is 2.71 bits per heavy atom. The van der Waals surface area contributed by atoms with Crippen molar-refractivity contribution in [3.8, 4) is 17.2 Å². The number of ether oxygens (including phenoxy) is 2. The molecule has 0 radical (unpaired) electrons. The van der Waals surface area contributed by atoms with Gasteiger partial charge in [-0.15, -0.1) is 0 Å². The molecule has 0 aromatic heterocycles. The first kappa shape index (κ1) is 22.0. The zero-order valence-corrected chi connectivity index (χ0v) is 19.9. The van der Waals surface area contributed by atoms with Crippen molar-refractivity contribution >= 4 is 39.0 Å². The van der Waals surface area contributed by atoms with Crippen molar-refractivity contribution in [2.75, 3.05) is 12.9 Å². The first-order valence-electron chi connectivity index (χ1n) is 9.68. The number of fused-ring (bicyclic) bond motifs is 4. The monoisotopic (exact) mass is 508 g/mol. The van der Waals surface area contributed by atoms with Crippen LogP contribution in [0.2, 0.25) is 0 Å². The van der Waals surface area contributed by atoms with E-state index >= 15 is 4.39 Å². The standard InChI is InChI=1S/C22H22BrFN2O4S/c1-21(2,3)26(20(27)28)19-25-22(7-8-31-19)14-9-12(23)5-6-17(14)30-18-15(22)10-13(29-4)11-16(18)24/h5-6,9-11H,7-8H2,1-4H3,(H,27,28). The predicted molar refractivity (Wildman–Crippen MR) is 122 cm³/mol. The highest BCUT2D eigenvalue weighted by Crippen LogP contribution is 2.55. The number of amides is 1. The number of hydrogen-bond donors (Lipinski definition) is 1. The van der Waals surface area contributed by atoms with Gasteiger partial charge in [0.25, 0.3) is 0 Å². The van der Waals surface area contributed by atoms with Crippen molar-refractivity contribution in [2.24, 2.45) is 4.99 Å². The molecule has 2 aromatic carbocycles. The van der Waals surface area contributed by atoms with Crippen molar-refractivity contribution in [1.29, 1.82) is 0 Å². The summed E-state index contributed by atoms with van der Waals surface area (Å²) < 4.78 is 27.1. The summed E-state index contributed by atoms with van der Waals surface area (Å²) in [5, 5.41) is 10.3. The topological polar surface area (TPSA) is 71.4 Å². The van der Waals surface area contributed by atoms with E-state index in [0.29, 0.717) is 34.4 Å². The molecule has 6 nitrogen and oxygen atoms in total. The molecule has 1 amide bonds. The Morgan fingerprint density at radius 2 is 2.06 bits per heavy atom. The molecule has 2 aliphatic rings. The smallest absolute Gasteiger partial charge is 0.413 e. The summed E-state index contributed by atoms with van der Waals surface area (Å²) in [6.07, 6.45) is -0.542. The lowest BCUT2D eigenvalue weighted by Gasteiger charge is -2.43. The molecule has 0 bridgehead atoms. The number of carboxylic acid groups (broad SMARTS) is 1. The van der Waals surface area contributed by atoms with Crippen LogP contribution in [-0.4, -0.2) is 39.7 Å². The normalized spacial score (nSPS) is 19.7. The molecule has 31 heavy (non-hydrogen) atoms. The van der Waals surface area contributed by atoms with Gasteiger partial charge in [-0.1, -0.05) is 27.7 Å². The largest absolute Gasteiger partial charge is 0.497 e. The van der Waals surface area contributed by atoms with Crippen LogP contribution in [0.4, 0.5) is 9.18 Å². The fourth-order valence-corrected chi connectivity index (χ4v) is 5.61. The van der Waals surface area contributed by atoms with Gasteiger partial charge in [-0.25, -0.2) is 14.2 Å². The number of benzene rings is 2. The fourth-order valence-electron chi connectivity index (χ4n) is 3.97. The highest BCUT2D eigenvalue weighted by atomic mass is 79.9. The maximum atomic E-state index is 15.0. The maximum absolute atomic E-state index is 15.0. The Labute approximate surface area is 192 Å². The van der Waals surface area contributed by atoms with Gasteiger partial charge in [-0.2, -0.15) is 0 Å². The van der Waals surface area contributed by atoms with Gasteiger partial charge in [-0.05, 0) is 51.5 Å². The fraction of sp³-hybridized carbons (Fsp3) is 0.364. The summed E-state index contributed by atoms with van der Waals surface area (Å²) in [4.78, 5) is 18.4. The highest BCUT2D eigenvalue weighted by Gasteiger charge is 2.47. The van der Waals surface area contributed by atoms with Gasteiger partial charge in [0.1, 0.15) is 17.0 Å². The van der Waals surface area contributed by atoms with E-state index in [4.69, 9.17) is 14.5 Å². The third kappa shape index (κ3) is 3.67. The van der Waals surface area contributed by atoms with Crippen LogP contribution in [0.1, 0.15) is 38.3 Å². The third-order valence-electron chi connectivity index (χ3n) is 5.33. The second-order valence-electron chi connectivity index (χ2n) is 8.37. The molecule has 4 rings (SSSR count). The molecule has 2 heterocycles. The van der Waals surface area contributed by atoms with Crippen molar-refractivity contribution in [3.05, 3.63) is 51.7 Å². The Morgan fingerprint density at radius 1 is 1.32 bits per heavy atom. The van der Waals surface area contributed by atoms with E-state index in [0.717, 1.165) is 10.0 Å². The average molecular weight is 509 g/mol. The summed E-state index contributed by atoms with van der Waals surface area (Å²) in [6.45, 7) is 5.45. The van der Waals surface area contributed by atoms with Crippen LogP contribution >= 0.6 is 27.7 Å². The van der Waals surface area contributed by atoms with Gasteiger partial charge in [0.05, 0.1) is 7.11 Å². The van der Waals surface area contributed by atoms with Crippen LogP contribution in [0, 0.1) is 5.82 Å². The Kier molecular flexibility index (Phi) is 5.46. The minimum Gasteiger partial charge on any atom is -0.497 e. The number of carbonyl (C=O) groups is 1. The highest BCUT2D eigenvalue weighted by molar-refractivity contribution is 9.10. The molecule has 0 fully saturated rings. The van der Waals surface area contributed by atoms with Gasteiger partial charge >= 0.3 is 6.09 Å². The van der Waals surface area contributed by atoms with Crippen LogP contribution < -0.4 is 9.47 Å². The molecule has 164 valence electrons. The third-order valence-corrected chi connectivity index (χ3v) is 6.77. The molecule has 9 heteroatoms. The summed E-state index contributed by atoms with van der Waals surface area (Å²) in [6, 6.07) is 8.48. The number of rotatable bonds is 1. The van der Waals surface area contributed by atoms with Crippen LogP contribution in [0.3, 0.4) is 0 Å². The van der Waals surface area contributed by atoms with E-state index in [-0.39, 0.29) is 5.75 Å². The molecule has 1 unspecified atom stereocenters. The van der Waals surface area contributed by atoms with E-state index < -0.39 is 23.0 Å². The van der Waals surface area contributed by atoms with Crippen molar-refractivity contribution in [2.45, 2.75) is 38.3 Å². The molecule has 2 aromatic rings. The quantitative estimate of drug-likeness (QED) is 0.495. The zero-order chi connectivity index (χ0) is 22.6. The van der Waals surface area contributed by atoms with E-state index in [1.807, 2.05) is 32.9 Å². The van der Waals surface area contributed by atoms with Gasteiger partial charge in [0.2, 0.25) is 0 Å². The lowest BCUT2D eigenvalue weighted by atomic mass is 9.78. The lowest BCUT2D eigenvalue weighted by molar-refractivity contribution is 0.141. The second-order valence-corrected chi connectivity index (χ2v) is 10.3. The van der Waals surface area contributed by atoms with Gasteiger partial charge < -0.3 is 14.6 Å². The molecule has 0 aliphatic carbocycles. The first-order valence-corrected chi connectivity index (χ1v) is 11.5. The van der Waals surface area contributed by atoms with E-state index in [1.54, 1.807) is 12.1 Å². The Balaban J connectivity index is 2.04. The summed E-state index contributed by atoms with van der Waals surface area (Å²) >= 11 is 4.89. The minimum atomic E-state index is -1.09. The van der Waals surface area contributed by atoms with Crippen LogP contribution in [0.15, 0.2) is 39.8 Å². The van der Waals surface area contributed by atoms with Crippen molar-refractivity contribution < 1.29 is 23.8 Å². The molecule has 0 saturated heterocycles. The van der Waals surface area contributed by atoms with Crippen LogP contribution in [0.25, 0.3) is 0 Å². The number of nitrogens with zero attached hydrogens (tertiary/aromatic N) is 2. The molecular weight excluding hydrogens is 487 g/mol. The number of thioether (sulfide) groups is 1. The van der Waals surface area contributed by atoms with E-state index in [2.05, 4.69) is 15.9 Å². The lowest BCUT2D eigenvalue weighted by Crippen LogP contribution is -2.50. The van der Waals surface area contributed by atoms with Gasteiger partial charge in [-0.3, -0.25) is 4.90 Å². The van der Waals surface area contributed by atoms with Crippen molar-refractivity contribution in [1.82, 2.24) is 4.90 Å². The first-order chi connectivity index (χ1) is 14.6. The maximum Gasteiger partial charge on any atom is 0.413 e. The van der Waals surface area contributed by atoms with Gasteiger partial charge in [0, 0.05) is 33.0 Å². The van der Waals surface area contributed by atoms with Gasteiger partial charge in [0.15, 0.2) is 16.7 Å². The number of methoxy groups -OCH3 is 1.